The van der Waals surface area contributed by atoms with E-state index in [4.69, 9.17) is 9.97 Å². The smallest absolute Gasteiger partial charge is 0.253 e. The van der Waals surface area contributed by atoms with E-state index in [1.54, 1.807) is 6.07 Å². The van der Waals surface area contributed by atoms with Crippen molar-refractivity contribution < 1.29 is 0 Å². The van der Waals surface area contributed by atoms with Gasteiger partial charge in [0.2, 0.25) is 5.95 Å². The minimum atomic E-state index is -1.98. The quantitative estimate of drug-likeness (QED) is 0.275. The summed E-state index contributed by atoms with van der Waals surface area (Å²) in [4.78, 5) is 30.5. The van der Waals surface area contributed by atoms with Crippen LogP contribution >= 0.6 is 0 Å². The lowest BCUT2D eigenvalue weighted by Gasteiger charge is -2.38. The molecule has 1 N–H and O–H groups in total. The predicted octanol–water partition coefficient (Wildman–Crippen LogP) is 5.73. The van der Waals surface area contributed by atoms with Crippen LogP contribution in [-0.4, -0.2) is 85.8 Å². The first-order chi connectivity index (χ1) is 20.5. The molecule has 0 radical (unpaired) electrons. The van der Waals surface area contributed by atoms with Crippen molar-refractivity contribution in [1.82, 2.24) is 24.3 Å². The Morgan fingerprint density at radius 1 is 0.907 bits per heavy atom. The minimum Gasteiger partial charge on any atom is -0.369 e. The Hall–Kier alpha value is -3.19. The Morgan fingerprint density at radius 3 is 2.14 bits per heavy atom. The van der Waals surface area contributed by atoms with Gasteiger partial charge in [0, 0.05) is 61.9 Å². The summed E-state index contributed by atoms with van der Waals surface area (Å²) in [5.74, 6) is 4.02. The lowest BCUT2D eigenvalue weighted by atomic mass is 10.1. The molecule has 2 saturated heterocycles. The van der Waals surface area contributed by atoms with Crippen LogP contribution in [0.2, 0.25) is 16.6 Å². The average molecular weight is 600 g/mol. The first kappa shape index (κ1) is 31.2. The Bertz CT molecular complexity index is 1520. The molecular weight excluding hydrogens is 551 g/mol. The first-order valence-corrected chi connectivity index (χ1v) is 18.2. The number of aromatic nitrogens is 3. The molecule has 3 aromatic rings. The number of nitrogens with zero attached hydrogens (tertiary/aromatic N) is 6. The molecule has 0 spiro atoms. The standard InChI is InChI=1S/C34H49N7OSi/c1-24(2)43(25(3)4,26(5)6)20-14-27-21-32(42)41(30-13-15-39(8)23-30)33-31(27)22-35-34(37-33)36-28-9-11-29(12-10-28)40-18-16-38(7)17-19-40/h9-12,21-22,24-26,30H,13,15-19,23H2,1-8H3,(H,35,36,37). The second-order valence-corrected chi connectivity index (χ2v) is 19.1. The lowest BCUT2D eigenvalue weighted by Crippen LogP contribution is -2.44. The number of likely N-dealkylation sites (tertiary alicyclic amines) is 1. The van der Waals surface area contributed by atoms with Crippen LogP contribution in [0.25, 0.3) is 11.0 Å². The highest BCUT2D eigenvalue weighted by Gasteiger charge is 2.41. The van der Waals surface area contributed by atoms with E-state index >= 15 is 0 Å². The van der Waals surface area contributed by atoms with Gasteiger partial charge >= 0.3 is 0 Å². The molecule has 2 aliphatic rings. The third-order valence-corrected chi connectivity index (χ3v) is 16.1. The SMILES string of the molecule is CC(C)[Si](C#Cc1cc(=O)n(C2CCN(C)C2)c2nc(Nc3ccc(N4CCN(C)CC4)cc3)ncc12)(C(C)C)C(C)C. The third-order valence-electron chi connectivity index (χ3n) is 9.80. The summed E-state index contributed by atoms with van der Waals surface area (Å²) in [6, 6.07) is 10.3. The number of likely N-dealkylation sites (N-methyl/N-ethyl adjacent to an activating group) is 2. The molecule has 0 amide bonds. The van der Waals surface area contributed by atoms with E-state index < -0.39 is 8.07 Å². The third kappa shape index (κ3) is 6.38. The van der Waals surface area contributed by atoms with E-state index in [0.717, 1.165) is 62.3 Å². The second-order valence-electron chi connectivity index (χ2n) is 13.5. The van der Waals surface area contributed by atoms with E-state index in [1.165, 1.54) is 5.69 Å². The van der Waals surface area contributed by atoms with Crippen molar-refractivity contribution >= 4 is 36.4 Å². The number of piperazine rings is 1. The van der Waals surface area contributed by atoms with Gasteiger partial charge < -0.3 is 20.0 Å². The summed E-state index contributed by atoms with van der Waals surface area (Å²) < 4.78 is 1.88. The van der Waals surface area contributed by atoms with E-state index in [0.29, 0.717) is 28.2 Å². The normalized spacial score (nSPS) is 18.6. The van der Waals surface area contributed by atoms with Crippen molar-refractivity contribution in [1.29, 1.82) is 0 Å². The van der Waals surface area contributed by atoms with Gasteiger partial charge in [0.25, 0.3) is 5.56 Å². The number of hydrogen-bond donors (Lipinski definition) is 1. The Morgan fingerprint density at radius 2 is 1.56 bits per heavy atom. The summed E-state index contributed by atoms with van der Waals surface area (Å²) >= 11 is 0. The minimum absolute atomic E-state index is 0.0378. The lowest BCUT2D eigenvalue weighted by molar-refractivity contribution is 0.313. The topological polar surface area (TPSA) is 69.5 Å². The molecule has 2 aromatic heterocycles. The Labute approximate surface area is 258 Å². The maximum atomic E-state index is 13.8. The summed E-state index contributed by atoms with van der Waals surface area (Å²) in [5, 5.41) is 4.24. The molecule has 1 atom stereocenters. The largest absolute Gasteiger partial charge is 0.369 e. The Balaban J connectivity index is 1.53. The second kappa shape index (κ2) is 12.8. The molecule has 0 aliphatic carbocycles. The summed E-state index contributed by atoms with van der Waals surface area (Å²) in [5.41, 5.74) is 8.85. The number of nitrogens with one attached hydrogen (secondary N) is 1. The molecule has 2 aliphatic heterocycles. The molecule has 8 nitrogen and oxygen atoms in total. The van der Waals surface area contributed by atoms with Crippen LogP contribution in [0, 0.1) is 11.5 Å². The van der Waals surface area contributed by atoms with Crippen LogP contribution in [0.3, 0.4) is 0 Å². The molecule has 1 unspecified atom stereocenters. The molecule has 5 rings (SSSR count). The van der Waals surface area contributed by atoms with Crippen molar-refractivity contribution in [3.63, 3.8) is 0 Å². The fourth-order valence-electron chi connectivity index (χ4n) is 7.32. The molecule has 9 heteroatoms. The number of pyridine rings is 1. The number of hydrogen-bond acceptors (Lipinski definition) is 7. The van der Waals surface area contributed by atoms with Crippen molar-refractivity contribution in [3.05, 3.63) is 52.4 Å². The van der Waals surface area contributed by atoms with Gasteiger partial charge in [-0.05, 0) is 67.9 Å². The highest BCUT2D eigenvalue weighted by molar-refractivity contribution is 6.90. The number of rotatable bonds is 7. The van der Waals surface area contributed by atoms with Crippen LogP contribution in [0.5, 0.6) is 0 Å². The highest BCUT2D eigenvalue weighted by Crippen LogP contribution is 2.41. The predicted molar refractivity (Wildman–Crippen MR) is 182 cm³/mol. The van der Waals surface area contributed by atoms with Crippen LogP contribution < -0.4 is 15.8 Å². The summed E-state index contributed by atoms with van der Waals surface area (Å²) in [6.07, 6.45) is 2.77. The van der Waals surface area contributed by atoms with Gasteiger partial charge in [0.1, 0.15) is 13.7 Å². The molecule has 0 saturated carbocycles. The van der Waals surface area contributed by atoms with E-state index in [-0.39, 0.29) is 11.6 Å². The van der Waals surface area contributed by atoms with Crippen LogP contribution in [0.15, 0.2) is 41.3 Å². The molecule has 43 heavy (non-hydrogen) atoms. The van der Waals surface area contributed by atoms with E-state index in [1.807, 2.05) is 10.8 Å². The van der Waals surface area contributed by atoms with Gasteiger partial charge in [-0.25, -0.2) is 4.98 Å². The Kier molecular flexibility index (Phi) is 9.31. The number of anilines is 3. The van der Waals surface area contributed by atoms with Gasteiger partial charge in [-0.2, -0.15) is 4.98 Å². The zero-order valence-electron chi connectivity index (χ0n) is 27.3. The molecule has 230 valence electrons. The fraction of sp³-hybridized carbons (Fsp3) is 0.559. The fourth-order valence-corrected chi connectivity index (χ4v) is 12.5. The van der Waals surface area contributed by atoms with Crippen molar-refractivity contribution in [2.24, 2.45) is 0 Å². The van der Waals surface area contributed by atoms with E-state index in [9.17, 15) is 4.79 Å². The zero-order chi connectivity index (χ0) is 30.9. The maximum absolute atomic E-state index is 13.8. The van der Waals surface area contributed by atoms with Gasteiger partial charge in [-0.1, -0.05) is 47.5 Å². The summed E-state index contributed by atoms with van der Waals surface area (Å²) in [6.45, 7) is 19.9. The van der Waals surface area contributed by atoms with Crippen LogP contribution in [0.1, 0.15) is 59.6 Å². The highest BCUT2D eigenvalue weighted by atomic mass is 28.3. The zero-order valence-corrected chi connectivity index (χ0v) is 28.3. The van der Waals surface area contributed by atoms with Gasteiger partial charge in [0.05, 0.1) is 11.4 Å². The molecule has 4 heterocycles. The molecule has 1 aromatic carbocycles. The van der Waals surface area contributed by atoms with E-state index in [2.05, 4.69) is 111 Å². The van der Waals surface area contributed by atoms with Crippen molar-refractivity contribution in [3.8, 4) is 11.5 Å². The van der Waals surface area contributed by atoms with Gasteiger partial charge in [0.15, 0.2) is 0 Å². The average Bonchev–Trinajstić information content (AvgIpc) is 3.39. The molecule has 2 fully saturated rings. The number of benzene rings is 1. The summed E-state index contributed by atoms with van der Waals surface area (Å²) in [7, 11) is 2.30. The maximum Gasteiger partial charge on any atom is 0.253 e. The molecular formula is C34H49N7OSi. The first-order valence-electron chi connectivity index (χ1n) is 15.9. The molecule has 0 bridgehead atoms. The van der Waals surface area contributed by atoms with Gasteiger partial charge in [-0.3, -0.25) is 9.36 Å². The van der Waals surface area contributed by atoms with Gasteiger partial charge in [-0.15, -0.1) is 5.54 Å². The van der Waals surface area contributed by atoms with Crippen LogP contribution in [-0.2, 0) is 0 Å². The van der Waals surface area contributed by atoms with Crippen molar-refractivity contribution in [2.75, 3.05) is 63.6 Å². The van der Waals surface area contributed by atoms with Crippen molar-refractivity contribution in [2.45, 2.75) is 70.6 Å². The monoisotopic (exact) mass is 599 g/mol. The van der Waals surface area contributed by atoms with Crippen LogP contribution in [0.4, 0.5) is 17.3 Å². The number of fused-ring (bicyclic) bond motifs is 1.